The molecule has 0 saturated heterocycles. The molecule has 1 heterocycles. The van der Waals surface area contributed by atoms with Crippen molar-refractivity contribution in [3.05, 3.63) is 46.3 Å². The standard InChI is InChI=1S/C15H15ClN2O2/c1-9-6-7-13-10(8-9)14(18-20-13)15(19)17-12-5-3-2-4-11(12)16/h2-5,9H,6-8H2,1H3,(H,17,19). The van der Waals surface area contributed by atoms with Crippen molar-refractivity contribution in [3.8, 4) is 0 Å². The van der Waals surface area contributed by atoms with Crippen LogP contribution in [0.15, 0.2) is 28.8 Å². The largest absolute Gasteiger partial charge is 0.360 e. The molecule has 1 unspecified atom stereocenters. The predicted molar refractivity (Wildman–Crippen MR) is 77.1 cm³/mol. The van der Waals surface area contributed by atoms with Crippen LogP contribution in [-0.2, 0) is 12.8 Å². The van der Waals surface area contributed by atoms with Gasteiger partial charge in [-0.05, 0) is 30.9 Å². The zero-order valence-corrected chi connectivity index (χ0v) is 11.9. The average molecular weight is 291 g/mol. The van der Waals surface area contributed by atoms with E-state index in [0.717, 1.165) is 30.6 Å². The average Bonchev–Trinajstić information content (AvgIpc) is 2.84. The molecule has 4 nitrogen and oxygen atoms in total. The SMILES string of the molecule is CC1CCc2onc(C(=O)Nc3ccccc3Cl)c2C1. The minimum absolute atomic E-state index is 0.266. The molecule has 0 fully saturated rings. The van der Waals surface area contributed by atoms with Gasteiger partial charge in [0.2, 0.25) is 0 Å². The monoisotopic (exact) mass is 290 g/mol. The summed E-state index contributed by atoms with van der Waals surface area (Å²) in [5.74, 6) is 1.12. The third-order valence-corrected chi connectivity index (χ3v) is 3.95. The molecule has 0 bridgehead atoms. The van der Waals surface area contributed by atoms with Crippen molar-refractivity contribution in [2.45, 2.75) is 26.2 Å². The van der Waals surface area contributed by atoms with E-state index in [1.54, 1.807) is 12.1 Å². The first kappa shape index (κ1) is 13.2. The highest BCUT2D eigenvalue weighted by Crippen LogP contribution is 2.29. The van der Waals surface area contributed by atoms with Gasteiger partial charge in [-0.25, -0.2) is 0 Å². The summed E-state index contributed by atoms with van der Waals surface area (Å²) < 4.78 is 5.28. The Morgan fingerprint density at radius 3 is 3.05 bits per heavy atom. The van der Waals surface area contributed by atoms with Crippen LogP contribution in [0.3, 0.4) is 0 Å². The summed E-state index contributed by atoms with van der Waals surface area (Å²) in [5.41, 5.74) is 1.90. The van der Waals surface area contributed by atoms with Crippen molar-refractivity contribution in [2.24, 2.45) is 5.92 Å². The van der Waals surface area contributed by atoms with Crippen LogP contribution in [0.25, 0.3) is 0 Å². The fraction of sp³-hybridized carbons (Fsp3) is 0.333. The number of hydrogen-bond acceptors (Lipinski definition) is 3. The molecule has 5 heteroatoms. The zero-order chi connectivity index (χ0) is 14.1. The fourth-order valence-electron chi connectivity index (χ4n) is 2.50. The quantitative estimate of drug-likeness (QED) is 0.917. The second-order valence-corrected chi connectivity index (χ2v) is 5.62. The third-order valence-electron chi connectivity index (χ3n) is 3.62. The number of rotatable bonds is 2. The number of nitrogens with one attached hydrogen (secondary N) is 1. The Morgan fingerprint density at radius 2 is 2.25 bits per heavy atom. The van der Waals surface area contributed by atoms with E-state index in [-0.39, 0.29) is 5.91 Å². The van der Waals surface area contributed by atoms with Gasteiger partial charge in [-0.2, -0.15) is 0 Å². The number of aryl methyl sites for hydroxylation is 1. The van der Waals surface area contributed by atoms with E-state index in [1.165, 1.54) is 0 Å². The van der Waals surface area contributed by atoms with Gasteiger partial charge in [0.15, 0.2) is 5.69 Å². The molecule has 1 aromatic carbocycles. The van der Waals surface area contributed by atoms with Gasteiger partial charge in [0.25, 0.3) is 5.91 Å². The highest BCUT2D eigenvalue weighted by Gasteiger charge is 2.27. The number of carbonyl (C=O) groups excluding carboxylic acids is 1. The maximum atomic E-state index is 12.3. The van der Waals surface area contributed by atoms with Gasteiger partial charge < -0.3 is 9.84 Å². The lowest BCUT2D eigenvalue weighted by atomic mass is 9.88. The van der Waals surface area contributed by atoms with E-state index in [0.29, 0.717) is 22.3 Å². The van der Waals surface area contributed by atoms with Gasteiger partial charge in [0.05, 0.1) is 10.7 Å². The first-order valence-corrected chi connectivity index (χ1v) is 7.06. The molecule has 3 rings (SSSR count). The second-order valence-electron chi connectivity index (χ2n) is 5.21. The van der Waals surface area contributed by atoms with Gasteiger partial charge in [-0.3, -0.25) is 4.79 Å². The summed E-state index contributed by atoms with van der Waals surface area (Å²) in [6, 6.07) is 7.13. The minimum atomic E-state index is -0.266. The van der Waals surface area contributed by atoms with Crippen LogP contribution in [0, 0.1) is 5.92 Å². The number of aromatic nitrogens is 1. The van der Waals surface area contributed by atoms with Crippen LogP contribution in [0.5, 0.6) is 0 Å². The molecule has 20 heavy (non-hydrogen) atoms. The molecule has 1 aromatic heterocycles. The van der Waals surface area contributed by atoms with Crippen molar-refractivity contribution in [3.63, 3.8) is 0 Å². The summed E-state index contributed by atoms with van der Waals surface area (Å²) in [5, 5.41) is 7.22. The summed E-state index contributed by atoms with van der Waals surface area (Å²) in [4.78, 5) is 12.3. The van der Waals surface area contributed by atoms with Gasteiger partial charge in [-0.15, -0.1) is 0 Å². The second kappa shape index (κ2) is 5.29. The molecule has 1 N–H and O–H groups in total. The molecule has 2 aromatic rings. The first-order chi connectivity index (χ1) is 9.65. The van der Waals surface area contributed by atoms with Crippen LogP contribution in [0.1, 0.15) is 35.2 Å². The number of anilines is 1. The smallest absolute Gasteiger partial charge is 0.278 e. The van der Waals surface area contributed by atoms with E-state index >= 15 is 0 Å². The molecule has 1 amide bonds. The summed E-state index contributed by atoms with van der Waals surface area (Å²) in [7, 11) is 0. The maximum Gasteiger partial charge on any atom is 0.278 e. The number of fused-ring (bicyclic) bond motifs is 1. The predicted octanol–water partition coefficient (Wildman–Crippen LogP) is 3.71. The molecule has 0 saturated carbocycles. The minimum Gasteiger partial charge on any atom is -0.360 e. The number of benzene rings is 1. The Hall–Kier alpha value is -1.81. The Labute approximate surface area is 122 Å². The number of halogens is 1. The number of carbonyl (C=O) groups is 1. The molecule has 0 aliphatic heterocycles. The van der Waals surface area contributed by atoms with Crippen LogP contribution in [0.2, 0.25) is 5.02 Å². The van der Waals surface area contributed by atoms with Gasteiger partial charge in [-0.1, -0.05) is 35.8 Å². The molecule has 0 spiro atoms. The van der Waals surface area contributed by atoms with Crippen LogP contribution in [-0.4, -0.2) is 11.1 Å². The third kappa shape index (κ3) is 2.43. The Balaban J connectivity index is 1.85. The van der Waals surface area contributed by atoms with Gasteiger partial charge >= 0.3 is 0 Å². The zero-order valence-electron chi connectivity index (χ0n) is 11.1. The highest BCUT2D eigenvalue weighted by molar-refractivity contribution is 6.33. The lowest BCUT2D eigenvalue weighted by Crippen LogP contribution is -2.18. The molecular formula is C15H15ClN2O2. The van der Waals surface area contributed by atoms with Crippen molar-refractivity contribution in [1.82, 2.24) is 5.16 Å². The van der Waals surface area contributed by atoms with E-state index in [2.05, 4.69) is 17.4 Å². The molecule has 104 valence electrons. The highest BCUT2D eigenvalue weighted by atomic mass is 35.5. The van der Waals surface area contributed by atoms with Crippen LogP contribution in [0.4, 0.5) is 5.69 Å². The van der Waals surface area contributed by atoms with Crippen LogP contribution < -0.4 is 5.32 Å². The molecule has 1 aliphatic rings. The summed E-state index contributed by atoms with van der Waals surface area (Å²) in [6.07, 6.45) is 2.76. The number of amides is 1. The molecule has 0 radical (unpaired) electrons. The lowest BCUT2D eigenvalue weighted by molar-refractivity contribution is 0.101. The molecule has 1 atom stereocenters. The molecule has 1 aliphatic carbocycles. The van der Waals surface area contributed by atoms with Gasteiger partial charge in [0.1, 0.15) is 5.76 Å². The van der Waals surface area contributed by atoms with Crippen molar-refractivity contribution in [1.29, 1.82) is 0 Å². The summed E-state index contributed by atoms with van der Waals surface area (Å²) >= 11 is 6.04. The maximum absolute atomic E-state index is 12.3. The first-order valence-electron chi connectivity index (χ1n) is 6.68. The number of nitrogens with zero attached hydrogens (tertiary/aromatic N) is 1. The lowest BCUT2D eigenvalue weighted by Gasteiger charge is -2.16. The van der Waals surface area contributed by atoms with Crippen molar-refractivity contribution < 1.29 is 9.32 Å². The number of hydrogen-bond donors (Lipinski definition) is 1. The van der Waals surface area contributed by atoms with Crippen LogP contribution >= 0.6 is 11.6 Å². The normalized spacial score (nSPS) is 17.6. The number of para-hydroxylation sites is 1. The van der Waals surface area contributed by atoms with E-state index < -0.39 is 0 Å². The van der Waals surface area contributed by atoms with Crippen molar-refractivity contribution >= 4 is 23.2 Å². The van der Waals surface area contributed by atoms with Gasteiger partial charge in [0, 0.05) is 12.0 Å². The fourth-order valence-corrected chi connectivity index (χ4v) is 2.68. The Kier molecular flexibility index (Phi) is 3.49. The summed E-state index contributed by atoms with van der Waals surface area (Å²) in [6.45, 7) is 2.17. The van der Waals surface area contributed by atoms with E-state index in [1.807, 2.05) is 12.1 Å². The Bertz CT molecular complexity index is 651. The molecular weight excluding hydrogens is 276 g/mol. The van der Waals surface area contributed by atoms with E-state index in [4.69, 9.17) is 16.1 Å². The topological polar surface area (TPSA) is 55.1 Å². The van der Waals surface area contributed by atoms with E-state index in [9.17, 15) is 4.79 Å². The van der Waals surface area contributed by atoms with Crippen molar-refractivity contribution in [2.75, 3.05) is 5.32 Å². The Morgan fingerprint density at radius 1 is 1.45 bits per heavy atom.